The van der Waals surface area contributed by atoms with E-state index in [0.717, 1.165) is 32.4 Å². The molecule has 0 bridgehead atoms. The number of piperidine rings is 1. The molecule has 0 spiro atoms. The number of rotatable bonds is 0. The third-order valence-corrected chi connectivity index (χ3v) is 3.17. The smallest absolute Gasteiger partial charge is 0.312 e. The zero-order valence-corrected chi connectivity index (χ0v) is 9.52. The van der Waals surface area contributed by atoms with Gasteiger partial charge in [-0.3, -0.25) is 9.59 Å². The van der Waals surface area contributed by atoms with Gasteiger partial charge in [0.15, 0.2) is 0 Å². The van der Waals surface area contributed by atoms with Crippen molar-refractivity contribution in [2.24, 2.45) is 0 Å². The Kier molecular flexibility index (Phi) is 3.59. The molecule has 0 aromatic carbocycles. The SMILES string of the molecule is O=C(C(=O)N1CCCCC1)N1CC=CCC1. The Bertz CT molecular complexity index is 306. The number of likely N-dealkylation sites (tertiary alicyclic amines) is 1. The number of amides is 2. The van der Waals surface area contributed by atoms with Gasteiger partial charge in [0, 0.05) is 26.2 Å². The fourth-order valence-electron chi connectivity index (χ4n) is 2.19. The van der Waals surface area contributed by atoms with Crippen LogP contribution in [0.5, 0.6) is 0 Å². The highest BCUT2D eigenvalue weighted by atomic mass is 16.2. The van der Waals surface area contributed by atoms with Gasteiger partial charge in [0.1, 0.15) is 0 Å². The average molecular weight is 222 g/mol. The highest BCUT2D eigenvalue weighted by Crippen LogP contribution is 2.10. The first-order chi connectivity index (χ1) is 7.79. The Hall–Kier alpha value is -1.32. The van der Waals surface area contributed by atoms with Gasteiger partial charge in [-0.1, -0.05) is 12.2 Å². The highest BCUT2D eigenvalue weighted by Gasteiger charge is 2.27. The monoisotopic (exact) mass is 222 g/mol. The van der Waals surface area contributed by atoms with Gasteiger partial charge in [0.25, 0.3) is 0 Å². The molecule has 4 nitrogen and oxygen atoms in total. The minimum Gasteiger partial charge on any atom is -0.334 e. The summed E-state index contributed by atoms with van der Waals surface area (Å²) in [7, 11) is 0. The van der Waals surface area contributed by atoms with E-state index in [-0.39, 0.29) is 11.8 Å². The Morgan fingerprint density at radius 1 is 0.812 bits per heavy atom. The molecule has 2 rings (SSSR count). The van der Waals surface area contributed by atoms with Crippen molar-refractivity contribution in [3.8, 4) is 0 Å². The molecule has 0 atom stereocenters. The third kappa shape index (κ3) is 2.43. The molecular formula is C12H18N2O2. The second-order valence-electron chi connectivity index (χ2n) is 4.36. The van der Waals surface area contributed by atoms with Crippen molar-refractivity contribution in [3.63, 3.8) is 0 Å². The molecule has 1 fully saturated rings. The predicted molar refractivity (Wildman–Crippen MR) is 60.8 cm³/mol. The van der Waals surface area contributed by atoms with Gasteiger partial charge in [0.05, 0.1) is 0 Å². The summed E-state index contributed by atoms with van der Waals surface area (Å²) in [6, 6.07) is 0. The Morgan fingerprint density at radius 2 is 1.50 bits per heavy atom. The molecule has 88 valence electrons. The second-order valence-corrected chi connectivity index (χ2v) is 4.36. The van der Waals surface area contributed by atoms with Crippen molar-refractivity contribution in [2.45, 2.75) is 25.7 Å². The zero-order chi connectivity index (χ0) is 11.4. The lowest BCUT2D eigenvalue weighted by Crippen LogP contribution is -2.47. The van der Waals surface area contributed by atoms with Crippen molar-refractivity contribution < 1.29 is 9.59 Å². The lowest BCUT2D eigenvalue weighted by atomic mass is 10.1. The van der Waals surface area contributed by atoms with E-state index in [1.165, 1.54) is 6.42 Å². The van der Waals surface area contributed by atoms with Crippen molar-refractivity contribution in [1.29, 1.82) is 0 Å². The molecule has 0 aliphatic carbocycles. The Balaban J connectivity index is 1.92. The summed E-state index contributed by atoms with van der Waals surface area (Å²) < 4.78 is 0. The van der Waals surface area contributed by atoms with Crippen LogP contribution in [-0.2, 0) is 9.59 Å². The quantitative estimate of drug-likeness (QED) is 0.449. The largest absolute Gasteiger partial charge is 0.334 e. The molecule has 0 aromatic rings. The average Bonchev–Trinajstić information content (AvgIpc) is 2.39. The van der Waals surface area contributed by atoms with Gasteiger partial charge >= 0.3 is 11.8 Å². The van der Waals surface area contributed by atoms with Crippen molar-refractivity contribution in [1.82, 2.24) is 9.80 Å². The second kappa shape index (κ2) is 5.14. The molecule has 0 aromatic heterocycles. The van der Waals surface area contributed by atoms with Gasteiger partial charge in [-0.05, 0) is 25.7 Å². The molecule has 16 heavy (non-hydrogen) atoms. The summed E-state index contributed by atoms with van der Waals surface area (Å²) in [5, 5.41) is 0. The number of carbonyl (C=O) groups is 2. The first-order valence-corrected chi connectivity index (χ1v) is 6.02. The summed E-state index contributed by atoms with van der Waals surface area (Å²) in [5.41, 5.74) is 0. The van der Waals surface area contributed by atoms with Crippen LogP contribution >= 0.6 is 0 Å². The molecule has 2 aliphatic rings. The van der Waals surface area contributed by atoms with E-state index in [2.05, 4.69) is 6.08 Å². The molecule has 0 unspecified atom stereocenters. The van der Waals surface area contributed by atoms with E-state index >= 15 is 0 Å². The van der Waals surface area contributed by atoms with E-state index in [4.69, 9.17) is 0 Å². The molecule has 2 aliphatic heterocycles. The number of hydrogen-bond donors (Lipinski definition) is 0. The van der Waals surface area contributed by atoms with Crippen molar-refractivity contribution in [2.75, 3.05) is 26.2 Å². The molecule has 2 heterocycles. The van der Waals surface area contributed by atoms with Crippen LogP contribution in [0.15, 0.2) is 12.2 Å². The minimum absolute atomic E-state index is 0.310. The van der Waals surface area contributed by atoms with Crippen LogP contribution in [0.4, 0.5) is 0 Å². The number of hydrogen-bond acceptors (Lipinski definition) is 2. The number of nitrogens with zero attached hydrogens (tertiary/aromatic N) is 2. The fraction of sp³-hybridized carbons (Fsp3) is 0.667. The summed E-state index contributed by atoms with van der Waals surface area (Å²) >= 11 is 0. The van der Waals surface area contributed by atoms with Gasteiger partial charge < -0.3 is 9.80 Å². The zero-order valence-electron chi connectivity index (χ0n) is 9.52. The van der Waals surface area contributed by atoms with Crippen LogP contribution in [0.25, 0.3) is 0 Å². The molecule has 0 saturated carbocycles. The molecule has 0 N–H and O–H groups in total. The van der Waals surface area contributed by atoms with E-state index in [1.54, 1.807) is 9.80 Å². The summed E-state index contributed by atoms with van der Waals surface area (Å²) in [6.45, 7) is 2.75. The van der Waals surface area contributed by atoms with Gasteiger partial charge in [-0.2, -0.15) is 0 Å². The van der Waals surface area contributed by atoms with Gasteiger partial charge in [-0.15, -0.1) is 0 Å². The normalized spacial score (nSPS) is 21.0. The molecular weight excluding hydrogens is 204 g/mol. The van der Waals surface area contributed by atoms with Crippen molar-refractivity contribution in [3.05, 3.63) is 12.2 Å². The Morgan fingerprint density at radius 3 is 2.12 bits per heavy atom. The highest BCUT2D eigenvalue weighted by molar-refractivity contribution is 6.34. The minimum atomic E-state index is -0.328. The third-order valence-electron chi connectivity index (χ3n) is 3.17. The van der Waals surface area contributed by atoms with E-state index in [0.29, 0.717) is 13.1 Å². The van der Waals surface area contributed by atoms with Crippen LogP contribution in [0, 0.1) is 0 Å². The van der Waals surface area contributed by atoms with Crippen LogP contribution in [0.1, 0.15) is 25.7 Å². The predicted octanol–water partition coefficient (Wildman–Crippen LogP) is 0.787. The Labute approximate surface area is 95.9 Å². The van der Waals surface area contributed by atoms with Crippen LogP contribution in [-0.4, -0.2) is 47.8 Å². The summed E-state index contributed by atoms with van der Waals surface area (Å²) in [6.07, 6.45) is 8.08. The topological polar surface area (TPSA) is 40.6 Å². The standard InChI is InChI=1S/C12H18N2O2/c15-11(13-7-3-1-4-8-13)12(16)14-9-5-2-6-10-14/h1,3H,2,4-10H2. The van der Waals surface area contributed by atoms with Crippen molar-refractivity contribution >= 4 is 11.8 Å². The van der Waals surface area contributed by atoms with Gasteiger partial charge in [-0.25, -0.2) is 0 Å². The first kappa shape index (κ1) is 11.2. The maximum Gasteiger partial charge on any atom is 0.312 e. The first-order valence-electron chi connectivity index (χ1n) is 6.02. The van der Waals surface area contributed by atoms with Crippen LogP contribution in [0.3, 0.4) is 0 Å². The molecule has 0 radical (unpaired) electrons. The maximum atomic E-state index is 11.9. The maximum absolute atomic E-state index is 11.9. The van der Waals surface area contributed by atoms with E-state index in [9.17, 15) is 9.59 Å². The van der Waals surface area contributed by atoms with E-state index in [1.807, 2.05) is 6.08 Å². The van der Waals surface area contributed by atoms with E-state index < -0.39 is 0 Å². The number of carbonyl (C=O) groups excluding carboxylic acids is 2. The molecule has 4 heteroatoms. The fourth-order valence-corrected chi connectivity index (χ4v) is 2.19. The molecule has 1 saturated heterocycles. The van der Waals surface area contributed by atoms with Crippen LogP contribution in [0.2, 0.25) is 0 Å². The summed E-state index contributed by atoms with van der Waals surface area (Å²) in [4.78, 5) is 27.1. The van der Waals surface area contributed by atoms with Gasteiger partial charge in [0.2, 0.25) is 0 Å². The lowest BCUT2D eigenvalue weighted by molar-refractivity contribution is -0.152. The molecule has 2 amide bonds. The summed E-state index contributed by atoms with van der Waals surface area (Å²) in [5.74, 6) is -0.638. The van der Waals surface area contributed by atoms with Crippen LogP contribution < -0.4 is 0 Å². The lowest BCUT2D eigenvalue weighted by Gasteiger charge is -2.29.